The maximum absolute atomic E-state index is 5.15. The van der Waals surface area contributed by atoms with Crippen molar-refractivity contribution in [2.24, 2.45) is 0 Å². The lowest BCUT2D eigenvalue weighted by Gasteiger charge is -2.13. The van der Waals surface area contributed by atoms with Gasteiger partial charge in [0.25, 0.3) is 0 Å². The molecule has 0 amide bonds. The van der Waals surface area contributed by atoms with Crippen LogP contribution in [-0.2, 0) is 4.74 Å². The molecule has 0 spiro atoms. The van der Waals surface area contributed by atoms with Gasteiger partial charge in [0.1, 0.15) is 0 Å². The Morgan fingerprint density at radius 3 is 2.42 bits per heavy atom. The highest BCUT2D eigenvalue weighted by molar-refractivity contribution is 5.19. The molecule has 0 N–H and O–H groups in total. The summed E-state index contributed by atoms with van der Waals surface area (Å²) in [5.74, 6) is 0.552. The fraction of sp³-hybridized carbons (Fsp3) is 0.455. The van der Waals surface area contributed by atoms with Crippen molar-refractivity contribution in [2.75, 3.05) is 13.7 Å². The van der Waals surface area contributed by atoms with Crippen molar-refractivity contribution in [1.29, 1.82) is 0 Å². The summed E-state index contributed by atoms with van der Waals surface area (Å²) in [6.45, 7) is 3.01. The van der Waals surface area contributed by atoms with Crippen molar-refractivity contribution in [3.05, 3.63) is 35.9 Å². The number of ether oxygens (including phenoxy) is 1. The Morgan fingerprint density at radius 1 is 1.25 bits per heavy atom. The van der Waals surface area contributed by atoms with Gasteiger partial charge in [-0.2, -0.15) is 0 Å². The third kappa shape index (κ3) is 2.35. The fourth-order valence-corrected chi connectivity index (χ4v) is 1.38. The van der Waals surface area contributed by atoms with E-state index in [1.54, 1.807) is 7.11 Å². The molecule has 0 saturated heterocycles. The minimum atomic E-state index is 0.552. The molecule has 1 aromatic rings. The highest BCUT2D eigenvalue weighted by Crippen LogP contribution is 2.18. The smallest absolute Gasteiger partial charge is 0.0530 e. The van der Waals surface area contributed by atoms with E-state index in [9.17, 15) is 0 Å². The van der Waals surface area contributed by atoms with Gasteiger partial charge >= 0.3 is 0 Å². The number of benzene rings is 1. The summed E-state index contributed by atoms with van der Waals surface area (Å²) in [7, 11) is 1.76. The molecule has 66 valence electrons. The Morgan fingerprint density at radius 2 is 1.92 bits per heavy atom. The van der Waals surface area contributed by atoms with E-state index in [1.807, 2.05) is 6.07 Å². The van der Waals surface area contributed by atoms with Crippen LogP contribution in [0.4, 0.5) is 0 Å². The van der Waals surface area contributed by atoms with E-state index < -0.39 is 0 Å². The van der Waals surface area contributed by atoms with Crippen LogP contribution in [-0.4, -0.2) is 13.7 Å². The number of hydrogen-bond donors (Lipinski definition) is 0. The van der Waals surface area contributed by atoms with Gasteiger partial charge in [-0.15, -0.1) is 0 Å². The van der Waals surface area contributed by atoms with Gasteiger partial charge < -0.3 is 4.74 Å². The molecule has 0 bridgehead atoms. The van der Waals surface area contributed by atoms with E-state index in [0.717, 1.165) is 13.0 Å². The molecule has 1 heteroatoms. The predicted molar refractivity (Wildman–Crippen MR) is 51.4 cm³/mol. The molecule has 0 aliphatic carbocycles. The zero-order valence-corrected chi connectivity index (χ0v) is 7.79. The van der Waals surface area contributed by atoms with Crippen LogP contribution in [0.15, 0.2) is 30.3 Å². The van der Waals surface area contributed by atoms with E-state index in [2.05, 4.69) is 31.2 Å². The van der Waals surface area contributed by atoms with Crippen LogP contribution in [0, 0.1) is 0 Å². The lowest BCUT2D eigenvalue weighted by atomic mass is 9.98. The van der Waals surface area contributed by atoms with E-state index in [4.69, 9.17) is 4.74 Å². The Hall–Kier alpha value is -0.820. The molecule has 1 unspecified atom stereocenters. The molecule has 1 rings (SSSR count). The average molecular weight is 164 g/mol. The Bertz CT molecular complexity index is 206. The maximum Gasteiger partial charge on any atom is 0.0530 e. The summed E-state index contributed by atoms with van der Waals surface area (Å²) < 4.78 is 5.15. The topological polar surface area (TPSA) is 9.23 Å². The maximum atomic E-state index is 5.15. The molecule has 0 radical (unpaired) electrons. The van der Waals surface area contributed by atoms with Crippen LogP contribution < -0.4 is 0 Å². The normalized spacial score (nSPS) is 12.8. The Kier molecular flexibility index (Phi) is 3.81. The standard InChI is InChI=1S/C11H16O/c1-3-10(9-12-2)11-7-5-4-6-8-11/h4-8,10H,3,9H2,1-2H3. The molecule has 0 aromatic heterocycles. The minimum Gasteiger partial charge on any atom is -0.384 e. The first kappa shape index (κ1) is 9.27. The zero-order chi connectivity index (χ0) is 8.81. The lowest BCUT2D eigenvalue weighted by molar-refractivity contribution is 0.177. The van der Waals surface area contributed by atoms with Crippen LogP contribution in [0.5, 0.6) is 0 Å². The first-order valence-electron chi connectivity index (χ1n) is 4.42. The third-order valence-corrected chi connectivity index (χ3v) is 2.13. The predicted octanol–water partition coefficient (Wildman–Crippen LogP) is 2.83. The summed E-state index contributed by atoms with van der Waals surface area (Å²) >= 11 is 0. The van der Waals surface area contributed by atoms with Crippen molar-refractivity contribution in [1.82, 2.24) is 0 Å². The fourth-order valence-electron chi connectivity index (χ4n) is 1.38. The summed E-state index contributed by atoms with van der Waals surface area (Å²) in [4.78, 5) is 0. The summed E-state index contributed by atoms with van der Waals surface area (Å²) in [6, 6.07) is 10.5. The van der Waals surface area contributed by atoms with Crippen LogP contribution in [0.1, 0.15) is 24.8 Å². The number of methoxy groups -OCH3 is 1. The van der Waals surface area contributed by atoms with Gasteiger partial charge in [0.15, 0.2) is 0 Å². The van der Waals surface area contributed by atoms with Crippen molar-refractivity contribution in [3.63, 3.8) is 0 Å². The van der Waals surface area contributed by atoms with Gasteiger partial charge in [0, 0.05) is 13.0 Å². The van der Waals surface area contributed by atoms with Crippen molar-refractivity contribution >= 4 is 0 Å². The van der Waals surface area contributed by atoms with Crippen molar-refractivity contribution < 1.29 is 4.74 Å². The largest absolute Gasteiger partial charge is 0.384 e. The first-order chi connectivity index (χ1) is 5.88. The van der Waals surface area contributed by atoms with Gasteiger partial charge in [0.05, 0.1) is 6.61 Å². The van der Waals surface area contributed by atoms with Crippen LogP contribution in [0.25, 0.3) is 0 Å². The van der Waals surface area contributed by atoms with Gasteiger partial charge in [0.2, 0.25) is 0 Å². The molecule has 0 aliphatic rings. The zero-order valence-electron chi connectivity index (χ0n) is 7.79. The van der Waals surface area contributed by atoms with Gasteiger partial charge in [-0.3, -0.25) is 0 Å². The molecular weight excluding hydrogens is 148 g/mol. The molecule has 1 aromatic carbocycles. The second-order valence-electron chi connectivity index (χ2n) is 2.97. The van der Waals surface area contributed by atoms with Gasteiger partial charge in [-0.1, -0.05) is 37.3 Å². The van der Waals surface area contributed by atoms with E-state index >= 15 is 0 Å². The summed E-state index contributed by atoms with van der Waals surface area (Å²) in [5.41, 5.74) is 1.38. The van der Waals surface area contributed by atoms with E-state index in [0.29, 0.717) is 5.92 Å². The average Bonchev–Trinajstić information content (AvgIpc) is 2.15. The molecule has 0 fully saturated rings. The minimum absolute atomic E-state index is 0.552. The van der Waals surface area contributed by atoms with Crippen LogP contribution >= 0.6 is 0 Å². The third-order valence-electron chi connectivity index (χ3n) is 2.13. The highest BCUT2D eigenvalue weighted by atomic mass is 16.5. The van der Waals surface area contributed by atoms with Crippen LogP contribution in [0.2, 0.25) is 0 Å². The van der Waals surface area contributed by atoms with E-state index in [-0.39, 0.29) is 0 Å². The molecule has 0 heterocycles. The summed E-state index contributed by atoms with van der Waals surface area (Å²) in [5, 5.41) is 0. The second-order valence-corrected chi connectivity index (χ2v) is 2.97. The van der Waals surface area contributed by atoms with Gasteiger partial charge in [-0.25, -0.2) is 0 Å². The molecule has 1 atom stereocenters. The molecule has 12 heavy (non-hydrogen) atoms. The van der Waals surface area contributed by atoms with Crippen LogP contribution in [0.3, 0.4) is 0 Å². The molecule has 0 saturated carbocycles. The van der Waals surface area contributed by atoms with E-state index in [1.165, 1.54) is 5.56 Å². The first-order valence-corrected chi connectivity index (χ1v) is 4.42. The number of rotatable bonds is 4. The number of hydrogen-bond acceptors (Lipinski definition) is 1. The lowest BCUT2D eigenvalue weighted by Crippen LogP contribution is -2.04. The Balaban J connectivity index is 2.66. The van der Waals surface area contributed by atoms with Crippen molar-refractivity contribution in [2.45, 2.75) is 19.3 Å². The SMILES string of the molecule is CCC(COC)c1ccccc1. The van der Waals surface area contributed by atoms with Gasteiger partial charge in [-0.05, 0) is 12.0 Å². The highest BCUT2D eigenvalue weighted by Gasteiger charge is 2.06. The van der Waals surface area contributed by atoms with Crippen molar-refractivity contribution in [3.8, 4) is 0 Å². The molecule has 0 aliphatic heterocycles. The molecular formula is C11H16O. The summed E-state index contributed by atoms with van der Waals surface area (Å²) in [6.07, 6.45) is 1.14. The Labute approximate surface area is 74.4 Å². The monoisotopic (exact) mass is 164 g/mol. The quantitative estimate of drug-likeness (QED) is 0.665. The second kappa shape index (κ2) is 4.94. The molecule has 1 nitrogen and oxygen atoms in total.